The van der Waals surface area contributed by atoms with Gasteiger partial charge in [-0.15, -0.1) is 0 Å². The Hall–Kier alpha value is -2.25. The summed E-state index contributed by atoms with van der Waals surface area (Å²) in [7, 11) is 0. The highest BCUT2D eigenvalue weighted by atomic mass is 35.5. The second-order valence-electron chi connectivity index (χ2n) is 4.94. The van der Waals surface area contributed by atoms with Crippen molar-refractivity contribution in [2.24, 2.45) is 5.73 Å². The first-order valence-corrected chi connectivity index (χ1v) is 7.77. The number of halogens is 1. The van der Waals surface area contributed by atoms with Crippen molar-refractivity contribution < 1.29 is 9.47 Å². The number of nitrogens with two attached hydrogens (primary N) is 1. The quantitative estimate of drug-likeness (QED) is 0.698. The number of nitrogens with zero attached hydrogens (tertiary/aromatic N) is 2. The van der Waals surface area contributed by atoms with Crippen LogP contribution < -0.4 is 25.8 Å². The van der Waals surface area contributed by atoms with Crippen molar-refractivity contribution in [3.05, 3.63) is 29.4 Å². The van der Waals surface area contributed by atoms with Crippen molar-refractivity contribution in [2.45, 2.75) is 6.42 Å². The summed E-state index contributed by atoms with van der Waals surface area (Å²) in [5.41, 5.74) is 6.29. The molecule has 0 amide bonds. The van der Waals surface area contributed by atoms with E-state index in [1.165, 1.54) is 0 Å². The highest BCUT2D eigenvalue weighted by Gasteiger charge is 2.12. The van der Waals surface area contributed by atoms with Gasteiger partial charge in [-0.25, -0.2) is 4.98 Å². The Morgan fingerprint density at radius 3 is 2.87 bits per heavy atom. The topological polar surface area (TPSA) is 94.3 Å². The van der Waals surface area contributed by atoms with Gasteiger partial charge in [0.05, 0.1) is 6.20 Å². The molecule has 23 heavy (non-hydrogen) atoms. The van der Waals surface area contributed by atoms with Crippen LogP contribution in [0.1, 0.15) is 6.42 Å². The van der Waals surface area contributed by atoms with Gasteiger partial charge in [-0.05, 0) is 25.1 Å². The van der Waals surface area contributed by atoms with Crippen molar-refractivity contribution in [1.29, 1.82) is 0 Å². The third-order valence-corrected chi connectivity index (χ3v) is 3.49. The molecule has 1 aromatic carbocycles. The molecule has 4 N–H and O–H groups in total. The first kappa shape index (κ1) is 15.6. The highest BCUT2D eigenvalue weighted by Crippen LogP contribution is 2.33. The molecule has 3 rings (SSSR count). The Bertz CT molecular complexity index is 683. The lowest BCUT2D eigenvalue weighted by atomic mass is 10.2. The van der Waals surface area contributed by atoms with Crippen LogP contribution in [0.3, 0.4) is 0 Å². The number of anilines is 3. The second-order valence-corrected chi connectivity index (χ2v) is 5.35. The van der Waals surface area contributed by atoms with Crippen molar-refractivity contribution in [2.75, 3.05) is 36.9 Å². The Morgan fingerprint density at radius 2 is 2.04 bits per heavy atom. The van der Waals surface area contributed by atoms with Gasteiger partial charge in [0.25, 0.3) is 0 Å². The molecule has 122 valence electrons. The fraction of sp³-hybridized carbons (Fsp3) is 0.333. The van der Waals surface area contributed by atoms with Crippen molar-refractivity contribution in [1.82, 2.24) is 9.97 Å². The number of ether oxygens (including phenoxy) is 2. The number of fused-ring (bicyclic) bond motifs is 1. The molecule has 0 bridgehead atoms. The molecule has 0 unspecified atom stereocenters. The lowest BCUT2D eigenvalue weighted by Gasteiger charge is -2.19. The van der Waals surface area contributed by atoms with E-state index in [1.54, 1.807) is 6.20 Å². The van der Waals surface area contributed by atoms with Crippen molar-refractivity contribution in [3.8, 4) is 11.5 Å². The minimum Gasteiger partial charge on any atom is -0.486 e. The lowest BCUT2D eigenvalue weighted by molar-refractivity contribution is 0.171. The molecule has 0 atom stereocenters. The average Bonchev–Trinajstić information content (AvgIpc) is 2.58. The summed E-state index contributed by atoms with van der Waals surface area (Å²) >= 11 is 6.09. The molecular formula is C15H18ClN5O2. The van der Waals surface area contributed by atoms with Crippen LogP contribution in [0.15, 0.2) is 24.4 Å². The molecule has 0 radical (unpaired) electrons. The van der Waals surface area contributed by atoms with Crippen molar-refractivity contribution >= 4 is 29.1 Å². The van der Waals surface area contributed by atoms with Crippen LogP contribution >= 0.6 is 11.6 Å². The predicted octanol–water partition coefficient (Wildman–Crippen LogP) is 2.41. The molecule has 8 heteroatoms. The minimum absolute atomic E-state index is 0.446. The standard InChI is InChI=1S/C15H18ClN5O2/c16-11-9-19-15(21-14(11)18-5-1-4-17)20-10-2-3-12-13(8-10)23-7-6-22-12/h2-3,8-9H,1,4-7,17H2,(H2,18,19,20,21). The van der Waals surface area contributed by atoms with Gasteiger partial charge < -0.3 is 25.8 Å². The van der Waals surface area contributed by atoms with Crippen LogP contribution in [-0.4, -0.2) is 36.3 Å². The van der Waals surface area contributed by atoms with Gasteiger partial charge in [-0.2, -0.15) is 4.98 Å². The number of benzene rings is 1. The summed E-state index contributed by atoms with van der Waals surface area (Å²) in [6.45, 7) is 2.43. The van der Waals surface area contributed by atoms with E-state index in [9.17, 15) is 0 Å². The van der Waals surface area contributed by atoms with Gasteiger partial charge >= 0.3 is 0 Å². The number of aromatic nitrogens is 2. The first-order chi connectivity index (χ1) is 11.3. The molecule has 2 aromatic rings. The predicted molar refractivity (Wildman–Crippen MR) is 89.9 cm³/mol. The third kappa shape index (κ3) is 3.94. The molecule has 7 nitrogen and oxygen atoms in total. The Morgan fingerprint density at radius 1 is 1.22 bits per heavy atom. The average molecular weight is 336 g/mol. The number of hydrogen-bond donors (Lipinski definition) is 3. The van der Waals surface area contributed by atoms with Crippen LogP contribution in [0.2, 0.25) is 5.02 Å². The fourth-order valence-corrected chi connectivity index (χ4v) is 2.27. The normalized spacial score (nSPS) is 12.8. The summed E-state index contributed by atoms with van der Waals surface area (Å²) in [5.74, 6) is 2.47. The van der Waals surface area contributed by atoms with E-state index in [2.05, 4.69) is 20.6 Å². The molecular weight excluding hydrogens is 318 g/mol. The Balaban J connectivity index is 1.73. The maximum Gasteiger partial charge on any atom is 0.229 e. The summed E-state index contributed by atoms with van der Waals surface area (Å²) in [6, 6.07) is 5.59. The lowest BCUT2D eigenvalue weighted by Crippen LogP contribution is -2.15. The third-order valence-electron chi connectivity index (χ3n) is 3.22. The van der Waals surface area contributed by atoms with E-state index in [4.69, 9.17) is 26.8 Å². The van der Waals surface area contributed by atoms with Crippen LogP contribution in [0.4, 0.5) is 17.5 Å². The Labute approximate surface area is 139 Å². The smallest absolute Gasteiger partial charge is 0.229 e. The minimum atomic E-state index is 0.446. The van der Waals surface area contributed by atoms with Gasteiger partial charge in [-0.3, -0.25) is 0 Å². The molecule has 1 aliphatic rings. The van der Waals surface area contributed by atoms with E-state index in [0.29, 0.717) is 48.8 Å². The molecule has 0 spiro atoms. The van der Waals surface area contributed by atoms with Gasteiger partial charge in [0.15, 0.2) is 11.5 Å². The van der Waals surface area contributed by atoms with E-state index in [1.807, 2.05) is 18.2 Å². The molecule has 0 fully saturated rings. The summed E-state index contributed by atoms with van der Waals surface area (Å²) in [6.07, 6.45) is 2.39. The Kier molecular flexibility index (Phi) is 4.99. The summed E-state index contributed by atoms with van der Waals surface area (Å²) < 4.78 is 11.1. The first-order valence-electron chi connectivity index (χ1n) is 7.39. The van der Waals surface area contributed by atoms with Gasteiger partial charge in [-0.1, -0.05) is 11.6 Å². The number of hydrogen-bond acceptors (Lipinski definition) is 7. The largest absolute Gasteiger partial charge is 0.486 e. The van der Waals surface area contributed by atoms with Crippen molar-refractivity contribution in [3.63, 3.8) is 0 Å². The van der Waals surface area contributed by atoms with Crippen LogP contribution in [0, 0.1) is 0 Å². The summed E-state index contributed by atoms with van der Waals surface area (Å²) in [4.78, 5) is 8.56. The zero-order valence-electron chi connectivity index (χ0n) is 12.5. The van der Waals surface area contributed by atoms with E-state index < -0.39 is 0 Å². The molecule has 2 heterocycles. The van der Waals surface area contributed by atoms with Crippen LogP contribution in [0.25, 0.3) is 0 Å². The molecule has 1 aromatic heterocycles. The van der Waals surface area contributed by atoms with E-state index >= 15 is 0 Å². The second kappa shape index (κ2) is 7.34. The van der Waals surface area contributed by atoms with E-state index in [0.717, 1.165) is 17.9 Å². The summed E-state index contributed by atoms with van der Waals surface area (Å²) in [5, 5.41) is 6.74. The van der Waals surface area contributed by atoms with Crippen LogP contribution in [-0.2, 0) is 0 Å². The molecule has 0 saturated heterocycles. The molecule has 0 aliphatic carbocycles. The van der Waals surface area contributed by atoms with Gasteiger partial charge in [0, 0.05) is 18.3 Å². The highest BCUT2D eigenvalue weighted by molar-refractivity contribution is 6.32. The number of rotatable bonds is 6. The molecule has 0 saturated carbocycles. The zero-order valence-corrected chi connectivity index (χ0v) is 13.3. The van der Waals surface area contributed by atoms with Gasteiger partial charge in [0.2, 0.25) is 5.95 Å². The molecule has 1 aliphatic heterocycles. The van der Waals surface area contributed by atoms with E-state index in [-0.39, 0.29) is 0 Å². The fourth-order valence-electron chi connectivity index (χ4n) is 2.11. The SMILES string of the molecule is NCCCNc1nc(Nc2ccc3c(c2)OCCO3)ncc1Cl. The monoisotopic (exact) mass is 335 g/mol. The zero-order chi connectivity index (χ0) is 16.1. The van der Waals surface area contributed by atoms with Crippen LogP contribution in [0.5, 0.6) is 11.5 Å². The maximum atomic E-state index is 6.09. The van der Waals surface area contributed by atoms with Gasteiger partial charge in [0.1, 0.15) is 24.1 Å². The number of nitrogens with one attached hydrogen (secondary N) is 2. The maximum absolute atomic E-state index is 6.09.